The molecule has 1 saturated heterocycles. The summed E-state index contributed by atoms with van der Waals surface area (Å²) in [4.78, 5) is 29.2. The standard InChI is InChI=1S/C17H21N3O4S/c1-10-13(9-21)25-16(19-10)15(11-3-2-6-18-7-11)20-8-12(17(23)24)4-5-14(20)22/h4-5,8,11,15,18,21H,2-3,6-7,9H2,1H3,(H,23,24)/t11-,15-/m1/s1. The van der Waals surface area contributed by atoms with Gasteiger partial charge in [-0.15, -0.1) is 11.3 Å². The van der Waals surface area contributed by atoms with Crippen molar-refractivity contribution in [1.29, 1.82) is 0 Å². The molecule has 0 spiro atoms. The second-order valence-electron chi connectivity index (χ2n) is 6.24. The molecule has 2 atom stereocenters. The van der Waals surface area contributed by atoms with Crippen LogP contribution in [0.25, 0.3) is 0 Å². The molecule has 0 unspecified atom stereocenters. The number of aryl methyl sites for hydroxylation is 1. The zero-order valence-corrected chi connectivity index (χ0v) is 14.8. The number of nitrogens with one attached hydrogen (secondary N) is 1. The second kappa shape index (κ2) is 7.47. The molecule has 1 aliphatic rings. The number of aromatic nitrogens is 2. The minimum atomic E-state index is -1.07. The van der Waals surface area contributed by atoms with Crippen molar-refractivity contribution in [2.45, 2.75) is 32.4 Å². The molecule has 2 aromatic heterocycles. The quantitative estimate of drug-likeness (QED) is 0.742. The Morgan fingerprint density at radius 1 is 1.52 bits per heavy atom. The second-order valence-corrected chi connectivity index (χ2v) is 7.35. The molecule has 7 nitrogen and oxygen atoms in total. The highest BCUT2D eigenvalue weighted by atomic mass is 32.1. The molecular formula is C17H21N3O4S. The highest BCUT2D eigenvalue weighted by Gasteiger charge is 2.30. The molecule has 25 heavy (non-hydrogen) atoms. The van der Waals surface area contributed by atoms with Crippen molar-refractivity contribution in [1.82, 2.24) is 14.9 Å². The van der Waals surface area contributed by atoms with E-state index in [4.69, 9.17) is 0 Å². The van der Waals surface area contributed by atoms with Gasteiger partial charge in [0.05, 0.1) is 28.8 Å². The summed E-state index contributed by atoms with van der Waals surface area (Å²) in [5.41, 5.74) is 0.571. The normalized spacial score (nSPS) is 18.9. The Hall–Kier alpha value is -2.03. The summed E-state index contributed by atoms with van der Waals surface area (Å²) >= 11 is 1.38. The Kier molecular flexibility index (Phi) is 5.31. The summed E-state index contributed by atoms with van der Waals surface area (Å²) in [5.74, 6) is -0.937. The van der Waals surface area contributed by atoms with Crippen molar-refractivity contribution in [2.75, 3.05) is 13.1 Å². The van der Waals surface area contributed by atoms with Gasteiger partial charge >= 0.3 is 5.97 Å². The summed E-state index contributed by atoms with van der Waals surface area (Å²) < 4.78 is 1.49. The van der Waals surface area contributed by atoms with Crippen molar-refractivity contribution < 1.29 is 15.0 Å². The van der Waals surface area contributed by atoms with Gasteiger partial charge in [0.25, 0.3) is 5.56 Å². The Morgan fingerprint density at radius 3 is 2.92 bits per heavy atom. The molecule has 0 bridgehead atoms. The zero-order chi connectivity index (χ0) is 18.0. The van der Waals surface area contributed by atoms with E-state index in [0.717, 1.165) is 41.5 Å². The largest absolute Gasteiger partial charge is 0.478 e. The van der Waals surface area contributed by atoms with Gasteiger partial charge in [0.2, 0.25) is 0 Å². The number of aromatic carboxylic acids is 1. The van der Waals surface area contributed by atoms with Gasteiger partial charge < -0.3 is 20.1 Å². The molecule has 0 aliphatic carbocycles. The molecule has 0 saturated carbocycles. The number of rotatable bonds is 5. The number of piperidine rings is 1. The van der Waals surface area contributed by atoms with E-state index in [-0.39, 0.29) is 29.7 Å². The highest BCUT2D eigenvalue weighted by Crippen LogP contribution is 2.34. The third-order valence-corrected chi connectivity index (χ3v) is 5.78. The van der Waals surface area contributed by atoms with Crippen LogP contribution >= 0.6 is 11.3 Å². The van der Waals surface area contributed by atoms with Gasteiger partial charge in [-0.05, 0) is 38.3 Å². The number of pyridine rings is 1. The topological polar surface area (TPSA) is 104 Å². The molecule has 0 aromatic carbocycles. The van der Waals surface area contributed by atoms with Gasteiger partial charge in [-0.1, -0.05) is 0 Å². The van der Waals surface area contributed by atoms with Crippen LogP contribution in [0.1, 0.15) is 44.8 Å². The fraction of sp³-hybridized carbons (Fsp3) is 0.471. The van der Waals surface area contributed by atoms with E-state index in [1.54, 1.807) is 0 Å². The SMILES string of the molecule is Cc1nc([C@@H]([C@@H]2CCCNC2)n2cc(C(=O)O)ccc2=O)sc1CO. The third-order valence-electron chi connectivity index (χ3n) is 4.57. The number of carboxylic acid groups (broad SMARTS) is 1. The predicted molar refractivity (Wildman–Crippen MR) is 94.2 cm³/mol. The monoisotopic (exact) mass is 363 g/mol. The molecule has 0 amide bonds. The lowest BCUT2D eigenvalue weighted by molar-refractivity contribution is 0.0695. The zero-order valence-electron chi connectivity index (χ0n) is 13.9. The van der Waals surface area contributed by atoms with Crippen LogP contribution in [-0.4, -0.2) is 38.8 Å². The molecule has 0 radical (unpaired) electrons. The van der Waals surface area contributed by atoms with Gasteiger partial charge in [-0.25, -0.2) is 9.78 Å². The van der Waals surface area contributed by atoms with Crippen LogP contribution < -0.4 is 10.9 Å². The number of hydrogen-bond donors (Lipinski definition) is 3. The molecule has 2 aromatic rings. The molecule has 8 heteroatoms. The van der Waals surface area contributed by atoms with Crippen molar-refractivity contribution in [3.63, 3.8) is 0 Å². The summed E-state index contributed by atoms with van der Waals surface area (Å²) in [6.07, 6.45) is 3.32. The molecule has 1 fully saturated rings. The van der Waals surface area contributed by atoms with Crippen molar-refractivity contribution in [3.05, 3.63) is 49.8 Å². The van der Waals surface area contributed by atoms with Gasteiger partial charge in [0.1, 0.15) is 5.01 Å². The third kappa shape index (κ3) is 3.65. The lowest BCUT2D eigenvalue weighted by Gasteiger charge is -2.31. The van der Waals surface area contributed by atoms with Gasteiger partial charge in [0.15, 0.2) is 0 Å². The van der Waals surface area contributed by atoms with E-state index >= 15 is 0 Å². The molecule has 3 heterocycles. The number of aliphatic hydroxyl groups is 1. The minimum Gasteiger partial charge on any atom is -0.478 e. The van der Waals surface area contributed by atoms with Crippen molar-refractivity contribution >= 4 is 17.3 Å². The van der Waals surface area contributed by atoms with E-state index in [1.165, 1.54) is 34.2 Å². The summed E-state index contributed by atoms with van der Waals surface area (Å²) in [6, 6.07) is 2.27. The lowest BCUT2D eigenvalue weighted by Crippen LogP contribution is -2.38. The van der Waals surface area contributed by atoms with Gasteiger partial charge in [-0.3, -0.25) is 4.79 Å². The van der Waals surface area contributed by atoms with E-state index in [2.05, 4.69) is 10.3 Å². The average Bonchev–Trinajstić information content (AvgIpc) is 2.98. The number of hydrogen-bond acceptors (Lipinski definition) is 6. The van der Waals surface area contributed by atoms with E-state index in [1.807, 2.05) is 6.92 Å². The van der Waals surface area contributed by atoms with E-state index in [0.29, 0.717) is 0 Å². The fourth-order valence-electron chi connectivity index (χ4n) is 3.27. The van der Waals surface area contributed by atoms with Gasteiger partial charge in [0, 0.05) is 18.8 Å². The van der Waals surface area contributed by atoms with Crippen molar-refractivity contribution in [3.8, 4) is 0 Å². The average molecular weight is 363 g/mol. The Bertz CT molecular complexity index is 824. The van der Waals surface area contributed by atoms with E-state index < -0.39 is 5.97 Å². The first-order chi connectivity index (χ1) is 12.0. The van der Waals surface area contributed by atoms with Crippen molar-refractivity contribution in [2.24, 2.45) is 5.92 Å². The Morgan fingerprint density at radius 2 is 2.32 bits per heavy atom. The maximum Gasteiger partial charge on any atom is 0.337 e. The highest BCUT2D eigenvalue weighted by molar-refractivity contribution is 7.11. The van der Waals surface area contributed by atoms with E-state index in [9.17, 15) is 19.8 Å². The maximum atomic E-state index is 12.5. The number of thiazole rings is 1. The van der Waals surface area contributed by atoms with Crippen LogP contribution in [0.2, 0.25) is 0 Å². The van der Waals surface area contributed by atoms with Crippen LogP contribution in [0.5, 0.6) is 0 Å². The summed E-state index contributed by atoms with van der Waals surface area (Å²) in [5, 5.41) is 22.8. The molecule has 3 rings (SSSR count). The Balaban J connectivity index is 2.12. The first kappa shape index (κ1) is 17.8. The van der Waals surface area contributed by atoms with Gasteiger partial charge in [-0.2, -0.15) is 0 Å². The van der Waals surface area contributed by atoms with Crippen LogP contribution in [0, 0.1) is 12.8 Å². The smallest absolute Gasteiger partial charge is 0.337 e. The van der Waals surface area contributed by atoms with Crippen LogP contribution in [0.4, 0.5) is 0 Å². The first-order valence-electron chi connectivity index (χ1n) is 8.24. The number of carbonyl (C=O) groups is 1. The maximum absolute atomic E-state index is 12.5. The van der Waals surface area contributed by atoms with Crippen LogP contribution in [0.15, 0.2) is 23.1 Å². The molecule has 3 N–H and O–H groups in total. The lowest BCUT2D eigenvalue weighted by atomic mass is 9.91. The Labute approximate surface area is 149 Å². The number of carboxylic acids is 1. The molecule has 134 valence electrons. The molecule has 1 aliphatic heterocycles. The number of aliphatic hydroxyl groups excluding tert-OH is 1. The summed E-state index contributed by atoms with van der Waals surface area (Å²) in [6.45, 7) is 3.41. The van der Waals surface area contributed by atoms with Crippen LogP contribution in [0.3, 0.4) is 0 Å². The first-order valence-corrected chi connectivity index (χ1v) is 9.06. The van der Waals surface area contributed by atoms with Crippen LogP contribution in [-0.2, 0) is 6.61 Å². The minimum absolute atomic E-state index is 0.0732. The molecular weight excluding hydrogens is 342 g/mol. The fourth-order valence-corrected chi connectivity index (χ4v) is 4.39. The predicted octanol–water partition coefficient (Wildman–Crippen LogP) is 1.39. The summed E-state index contributed by atoms with van der Waals surface area (Å²) in [7, 11) is 0. The number of nitrogens with zero attached hydrogens (tertiary/aromatic N) is 2.